The molecule has 1 fully saturated rings. The predicted molar refractivity (Wildman–Crippen MR) is 134 cm³/mol. The summed E-state index contributed by atoms with van der Waals surface area (Å²) in [5.41, 5.74) is 2.11. The van der Waals surface area contributed by atoms with Crippen LogP contribution in [0.3, 0.4) is 0 Å². The second-order valence-corrected chi connectivity index (χ2v) is 10.6. The molecular weight excluding hydrogens is 448 g/mol. The lowest BCUT2D eigenvalue weighted by Gasteiger charge is -2.29. The molecule has 3 aromatic rings. The molecule has 0 aliphatic carbocycles. The Morgan fingerprint density at radius 2 is 1.59 bits per heavy atom. The average molecular weight is 479 g/mol. The van der Waals surface area contributed by atoms with Crippen molar-refractivity contribution in [2.75, 3.05) is 25.0 Å². The lowest BCUT2D eigenvalue weighted by molar-refractivity contribution is 0.102. The van der Waals surface area contributed by atoms with Crippen molar-refractivity contribution in [1.82, 2.24) is 4.31 Å². The van der Waals surface area contributed by atoms with E-state index >= 15 is 0 Å². The van der Waals surface area contributed by atoms with Crippen LogP contribution in [0.4, 0.5) is 5.69 Å². The summed E-state index contributed by atoms with van der Waals surface area (Å²) in [6, 6.07) is 23.5. The second kappa shape index (κ2) is 10.8. The topological polar surface area (TPSA) is 75.7 Å². The number of benzene rings is 3. The van der Waals surface area contributed by atoms with Gasteiger partial charge in [-0.2, -0.15) is 4.31 Å². The zero-order chi connectivity index (χ0) is 24.0. The molecule has 34 heavy (non-hydrogen) atoms. The molecule has 1 heterocycles. The van der Waals surface area contributed by atoms with Crippen LogP contribution in [-0.4, -0.2) is 38.3 Å². The van der Waals surface area contributed by atoms with E-state index in [9.17, 15) is 13.2 Å². The fraction of sp³-hybridized carbons (Fsp3) is 0.296. The van der Waals surface area contributed by atoms with E-state index in [4.69, 9.17) is 4.74 Å². The smallest absolute Gasteiger partial charge is 0.259 e. The maximum absolute atomic E-state index is 12.9. The predicted octanol–water partition coefficient (Wildman–Crippen LogP) is 4.98. The fourth-order valence-electron chi connectivity index (χ4n) is 3.99. The average Bonchev–Trinajstić information content (AvgIpc) is 2.85. The van der Waals surface area contributed by atoms with E-state index in [2.05, 4.69) is 12.2 Å². The van der Waals surface area contributed by atoms with Crippen molar-refractivity contribution >= 4 is 21.6 Å². The summed E-state index contributed by atoms with van der Waals surface area (Å²) in [5, 5.41) is 2.84. The number of para-hydroxylation sites is 1. The Labute approximate surface area is 201 Å². The van der Waals surface area contributed by atoms with Crippen LogP contribution in [0.1, 0.15) is 35.7 Å². The zero-order valence-corrected chi connectivity index (χ0v) is 20.1. The molecule has 6 nitrogen and oxygen atoms in total. The molecule has 4 rings (SSSR count). The van der Waals surface area contributed by atoms with Crippen molar-refractivity contribution in [1.29, 1.82) is 0 Å². The van der Waals surface area contributed by atoms with Gasteiger partial charge in [0.1, 0.15) is 5.75 Å². The maximum atomic E-state index is 12.9. The highest BCUT2D eigenvalue weighted by molar-refractivity contribution is 7.89. The maximum Gasteiger partial charge on any atom is 0.259 e. The molecule has 0 aromatic heterocycles. The number of sulfonamides is 1. The van der Waals surface area contributed by atoms with Crippen LogP contribution in [0.15, 0.2) is 83.8 Å². The van der Waals surface area contributed by atoms with E-state index in [0.29, 0.717) is 42.6 Å². The van der Waals surface area contributed by atoms with Gasteiger partial charge in [0, 0.05) is 25.2 Å². The largest absolute Gasteiger partial charge is 0.492 e. The van der Waals surface area contributed by atoms with Crippen molar-refractivity contribution in [2.45, 2.75) is 31.1 Å². The van der Waals surface area contributed by atoms with Crippen LogP contribution in [0, 0.1) is 5.92 Å². The van der Waals surface area contributed by atoms with Gasteiger partial charge in [-0.3, -0.25) is 4.79 Å². The van der Waals surface area contributed by atoms with Gasteiger partial charge >= 0.3 is 0 Å². The van der Waals surface area contributed by atoms with Gasteiger partial charge in [-0.25, -0.2) is 8.42 Å². The molecule has 0 bridgehead atoms. The molecule has 0 spiro atoms. The first kappa shape index (κ1) is 24.0. The Morgan fingerprint density at radius 3 is 2.29 bits per heavy atom. The Bertz CT molecular complexity index is 1200. The first-order chi connectivity index (χ1) is 16.4. The number of anilines is 1. The second-order valence-electron chi connectivity index (χ2n) is 8.65. The molecule has 1 N–H and O–H groups in total. The minimum absolute atomic E-state index is 0.240. The summed E-state index contributed by atoms with van der Waals surface area (Å²) >= 11 is 0. The number of piperidine rings is 1. The number of amides is 1. The third-order valence-electron chi connectivity index (χ3n) is 6.12. The number of rotatable bonds is 8. The minimum Gasteiger partial charge on any atom is -0.492 e. The number of nitrogens with zero attached hydrogens (tertiary/aromatic N) is 1. The van der Waals surface area contributed by atoms with Crippen LogP contribution < -0.4 is 10.1 Å². The molecule has 1 aliphatic rings. The highest BCUT2D eigenvalue weighted by atomic mass is 32.2. The van der Waals surface area contributed by atoms with E-state index in [1.165, 1.54) is 5.56 Å². The Kier molecular flexibility index (Phi) is 7.65. The molecule has 7 heteroatoms. The molecule has 1 aliphatic heterocycles. The Morgan fingerprint density at radius 1 is 0.941 bits per heavy atom. The van der Waals surface area contributed by atoms with Crippen LogP contribution in [-0.2, 0) is 16.4 Å². The van der Waals surface area contributed by atoms with Gasteiger partial charge < -0.3 is 10.1 Å². The monoisotopic (exact) mass is 478 g/mol. The SMILES string of the molecule is CC1CCN(S(=O)(=O)c2ccc(NC(=O)c3ccccc3OCCc3ccccc3)cc2)CC1. The molecule has 0 atom stereocenters. The number of carbonyl (C=O) groups excluding carboxylic acids is 1. The molecule has 3 aromatic carbocycles. The summed E-state index contributed by atoms with van der Waals surface area (Å²) in [4.78, 5) is 13.2. The van der Waals surface area contributed by atoms with Crippen molar-refractivity contribution in [3.05, 3.63) is 90.0 Å². The van der Waals surface area contributed by atoms with Crippen molar-refractivity contribution in [3.8, 4) is 5.75 Å². The number of carbonyl (C=O) groups is 1. The molecule has 0 radical (unpaired) electrons. The number of nitrogens with one attached hydrogen (secondary N) is 1. The molecule has 1 amide bonds. The van der Waals surface area contributed by atoms with Crippen molar-refractivity contribution in [3.63, 3.8) is 0 Å². The lowest BCUT2D eigenvalue weighted by Crippen LogP contribution is -2.37. The summed E-state index contributed by atoms with van der Waals surface area (Å²) in [7, 11) is -3.52. The highest BCUT2D eigenvalue weighted by Gasteiger charge is 2.28. The third kappa shape index (κ3) is 5.85. The normalized spacial score (nSPS) is 15.1. The number of hydrogen-bond acceptors (Lipinski definition) is 4. The summed E-state index contributed by atoms with van der Waals surface area (Å²) in [5.74, 6) is 0.750. The van der Waals surface area contributed by atoms with E-state index in [1.54, 1.807) is 46.8 Å². The zero-order valence-electron chi connectivity index (χ0n) is 19.3. The molecule has 1 saturated heterocycles. The minimum atomic E-state index is -3.52. The Balaban J connectivity index is 1.39. The molecular formula is C27H30N2O4S. The number of hydrogen-bond donors (Lipinski definition) is 1. The first-order valence-corrected chi connectivity index (χ1v) is 13.0. The van der Waals surface area contributed by atoms with Crippen LogP contribution in [0.25, 0.3) is 0 Å². The van der Waals surface area contributed by atoms with Crippen molar-refractivity contribution < 1.29 is 17.9 Å². The van der Waals surface area contributed by atoms with Gasteiger partial charge in [0.2, 0.25) is 10.0 Å². The quantitative estimate of drug-likeness (QED) is 0.495. The molecule has 0 unspecified atom stereocenters. The van der Waals surface area contributed by atoms with E-state index in [-0.39, 0.29) is 10.8 Å². The van der Waals surface area contributed by atoms with Crippen LogP contribution in [0.5, 0.6) is 5.75 Å². The van der Waals surface area contributed by atoms with Crippen LogP contribution in [0.2, 0.25) is 0 Å². The summed E-state index contributed by atoms with van der Waals surface area (Å²) in [6.45, 7) is 3.69. The summed E-state index contributed by atoms with van der Waals surface area (Å²) < 4.78 is 33.3. The van der Waals surface area contributed by atoms with Gasteiger partial charge in [-0.05, 0) is 60.7 Å². The molecule has 178 valence electrons. The van der Waals surface area contributed by atoms with Gasteiger partial charge in [0.25, 0.3) is 5.91 Å². The third-order valence-corrected chi connectivity index (χ3v) is 8.03. The van der Waals surface area contributed by atoms with Gasteiger partial charge in [-0.1, -0.05) is 49.4 Å². The number of ether oxygens (including phenoxy) is 1. The van der Waals surface area contributed by atoms with E-state index in [0.717, 1.165) is 19.3 Å². The first-order valence-electron chi connectivity index (χ1n) is 11.6. The highest BCUT2D eigenvalue weighted by Crippen LogP contribution is 2.25. The summed E-state index contributed by atoms with van der Waals surface area (Å²) in [6.07, 6.45) is 2.49. The van der Waals surface area contributed by atoms with Crippen molar-refractivity contribution in [2.24, 2.45) is 5.92 Å². The van der Waals surface area contributed by atoms with Gasteiger partial charge in [-0.15, -0.1) is 0 Å². The standard InChI is InChI=1S/C27H30N2O4S/c1-21-15-18-29(19-16-21)34(31,32)24-13-11-23(12-14-24)28-27(30)25-9-5-6-10-26(25)33-20-17-22-7-3-2-4-8-22/h2-14,21H,15-20H2,1H3,(H,28,30). The van der Waals surface area contributed by atoms with Crippen LogP contribution >= 0.6 is 0 Å². The van der Waals surface area contributed by atoms with E-state index < -0.39 is 10.0 Å². The molecule has 0 saturated carbocycles. The van der Waals surface area contributed by atoms with E-state index in [1.807, 2.05) is 36.4 Å². The lowest BCUT2D eigenvalue weighted by atomic mass is 10.0. The fourth-order valence-corrected chi connectivity index (χ4v) is 5.46. The Hall–Kier alpha value is -3.16. The van der Waals surface area contributed by atoms with Gasteiger partial charge in [0.05, 0.1) is 17.1 Å². The van der Waals surface area contributed by atoms with Gasteiger partial charge in [0.15, 0.2) is 0 Å².